The zero-order valence-corrected chi connectivity index (χ0v) is 9.91. The summed E-state index contributed by atoms with van der Waals surface area (Å²) in [6.45, 7) is 5.33. The second-order valence-corrected chi connectivity index (χ2v) is 3.83. The number of carbonyl (C=O) groups excluding carboxylic acids is 2. The number of hydrogen-bond donors (Lipinski definition) is 0. The minimum absolute atomic E-state index is 0.0478. The van der Waals surface area contributed by atoms with Crippen LogP contribution in [0.1, 0.15) is 40.0 Å². The van der Waals surface area contributed by atoms with E-state index in [9.17, 15) is 9.59 Å². The molecule has 4 nitrogen and oxygen atoms in total. The molecular weight excluding hydrogens is 196 g/mol. The molecule has 0 aliphatic rings. The molecule has 0 amide bonds. The first-order valence-electron chi connectivity index (χ1n) is 5.17. The van der Waals surface area contributed by atoms with Crippen molar-refractivity contribution < 1.29 is 19.1 Å². The maximum atomic E-state index is 11.1. The summed E-state index contributed by atoms with van der Waals surface area (Å²) in [6, 6.07) is 0. The van der Waals surface area contributed by atoms with Crippen LogP contribution in [0.3, 0.4) is 0 Å². The quantitative estimate of drug-likeness (QED) is 0.608. The highest BCUT2D eigenvalue weighted by Crippen LogP contribution is 2.11. The van der Waals surface area contributed by atoms with Gasteiger partial charge in [-0.15, -0.1) is 0 Å². The standard InChI is InChI=1S/C11H20O4/c1-8(2)15-10(6-5-9(3)12)7-11(13)14-4/h8,10H,5-7H2,1-4H3/t10-/m1/s1. The van der Waals surface area contributed by atoms with Gasteiger partial charge in [0.1, 0.15) is 5.78 Å². The van der Waals surface area contributed by atoms with Crippen LogP contribution < -0.4 is 0 Å². The van der Waals surface area contributed by atoms with Gasteiger partial charge >= 0.3 is 5.97 Å². The highest BCUT2D eigenvalue weighted by atomic mass is 16.5. The van der Waals surface area contributed by atoms with Crippen molar-refractivity contribution in [1.29, 1.82) is 0 Å². The average Bonchev–Trinajstić information content (AvgIpc) is 2.13. The zero-order chi connectivity index (χ0) is 11.8. The van der Waals surface area contributed by atoms with E-state index in [1.807, 2.05) is 13.8 Å². The first-order chi connectivity index (χ1) is 6.95. The van der Waals surface area contributed by atoms with E-state index in [2.05, 4.69) is 4.74 Å². The van der Waals surface area contributed by atoms with Gasteiger partial charge in [0.25, 0.3) is 0 Å². The van der Waals surface area contributed by atoms with E-state index in [-0.39, 0.29) is 30.4 Å². The normalized spacial score (nSPS) is 12.6. The van der Waals surface area contributed by atoms with Crippen LogP contribution in [0, 0.1) is 0 Å². The van der Waals surface area contributed by atoms with Gasteiger partial charge in [0.2, 0.25) is 0 Å². The van der Waals surface area contributed by atoms with E-state index in [4.69, 9.17) is 4.74 Å². The van der Waals surface area contributed by atoms with Crippen molar-refractivity contribution >= 4 is 11.8 Å². The first-order valence-corrected chi connectivity index (χ1v) is 5.17. The number of esters is 1. The van der Waals surface area contributed by atoms with Crippen molar-refractivity contribution in [1.82, 2.24) is 0 Å². The summed E-state index contributed by atoms with van der Waals surface area (Å²) in [4.78, 5) is 21.9. The lowest BCUT2D eigenvalue weighted by Gasteiger charge is -2.18. The van der Waals surface area contributed by atoms with E-state index >= 15 is 0 Å². The Hall–Kier alpha value is -0.900. The van der Waals surface area contributed by atoms with Crippen molar-refractivity contribution in [2.45, 2.75) is 52.2 Å². The van der Waals surface area contributed by atoms with E-state index in [0.717, 1.165) is 0 Å². The monoisotopic (exact) mass is 216 g/mol. The number of methoxy groups -OCH3 is 1. The Morgan fingerprint density at radius 2 is 1.87 bits per heavy atom. The summed E-state index contributed by atoms with van der Waals surface area (Å²) < 4.78 is 10.1. The van der Waals surface area contributed by atoms with Crippen LogP contribution in [0.25, 0.3) is 0 Å². The van der Waals surface area contributed by atoms with Crippen LogP contribution in [-0.2, 0) is 19.1 Å². The topological polar surface area (TPSA) is 52.6 Å². The Bertz CT molecular complexity index is 211. The van der Waals surface area contributed by atoms with Gasteiger partial charge in [0, 0.05) is 6.42 Å². The molecule has 15 heavy (non-hydrogen) atoms. The largest absolute Gasteiger partial charge is 0.469 e. The van der Waals surface area contributed by atoms with Gasteiger partial charge in [-0.2, -0.15) is 0 Å². The van der Waals surface area contributed by atoms with Crippen molar-refractivity contribution in [3.63, 3.8) is 0 Å². The molecule has 0 fully saturated rings. The molecule has 0 heterocycles. The maximum Gasteiger partial charge on any atom is 0.308 e. The van der Waals surface area contributed by atoms with Gasteiger partial charge in [-0.1, -0.05) is 0 Å². The fourth-order valence-electron chi connectivity index (χ4n) is 1.24. The molecule has 0 radical (unpaired) electrons. The van der Waals surface area contributed by atoms with Crippen molar-refractivity contribution in [2.75, 3.05) is 7.11 Å². The Morgan fingerprint density at radius 1 is 1.27 bits per heavy atom. The van der Waals surface area contributed by atoms with Gasteiger partial charge in [-0.05, 0) is 27.2 Å². The predicted octanol–water partition coefficient (Wildman–Crippen LogP) is 1.71. The van der Waals surface area contributed by atoms with Crippen LogP contribution in [-0.4, -0.2) is 31.1 Å². The molecule has 0 aromatic rings. The van der Waals surface area contributed by atoms with Gasteiger partial charge in [-0.3, -0.25) is 4.79 Å². The highest BCUT2D eigenvalue weighted by Gasteiger charge is 2.16. The third kappa shape index (κ3) is 8.12. The number of Topliss-reactive ketones (excluding diaryl/α,β-unsaturated/α-hetero) is 1. The second-order valence-electron chi connectivity index (χ2n) is 3.83. The van der Waals surface area contributed by atoms with Crippen LogP contribution in [0.2, 0.25) is 0 Å². The maximum absolute atomic E-state index is 11.1. The molecule has 0 saturated carbocycles. The zero-order valence-electron chi connectivity index (χ0n) is 9.91. The Morgan fingerprint density at radius 3 is 2.27 bits per heavy atom. The lowest BCUT2D eigenvalue weighted by Crippen LogP contribution is -2.22. The lowest BCUT2D eigenvalue weighted by atomic mass is 10.1. The fraction of sp³-hybridized carbons (Fsp3) is 0.818. The number of ketones is 1. The summed E-state index contributed by atoms with van der Waals surface area (Å²) in [6.07, 6.45) is 1.05. The SMILES string of the molecule is COC(=O)C[C@@H](CCC(C)=O)OC(C)C. The van der Waals surface area contributed by atoms with Crippen LogP contribution in [0.5, 0.6) is 0 Å². The minimum Gasteiger partial charge on any atom is -0.469 e. The number of hydrogen-bond acceptors (Lipinski definition) is 4. The first kappa shape index (κ1) is 14.1. The number of rotatable bonds is 7. The Labute approximate surface area is 90.9 Å². The van der Waals surface area contributed by atoms with Crippen molar-refractivity contribution in [3.8, 4) is 0 Å². The molecule has 0 rings (SSSR count). The molecule has 88 valence electrons. The van der Waals surface area contributed by atoms with Gasteiger partial charge in [0.05, 0.1) is 25.7 Å². The lowest BCUT2D eigenvalue weighted by molar-refractivity contribution is -0.145. The second kappa shape index (κ2) is 7.40. The molecule has 4 heteroatoms. The number of ether oxygens (including phenoxy) is 2. The average molecular weight is 216 g/mol. The van der Waals surface area contributed by atoms with Gasteiger partial charge in [0.15, 0.2) is 0 Å². The van der Waals surface area contributed by atoms with Gasteiger partial charge in [-0.25, -0.2) is 0 Å². The van der Waals surface area contributed by atoms with E-state index in [1.54, 1.807) is 0 Å². The fourth-order valence-corrected chi connectivity index (χ4v) is 1.24. The minimum atomic E-state index is -0.302. The van der Waals surface area contributed by atoms with Crippen LogP contribution in [0.15, 0.2) is 0 Å². The molecule has 0 aromatic heterocycles. The van der Waals surface area contributed by atoms with Crippen molar-refractivity contribution in [3.05, 3.63) is 0 Å². The predicted molar refractivity (Wildman–Crippen MR) is 56.6 cm³/mol. The van der Waals surface area contributed by atoms with E-state index in [0.29, 0.717) is 12.8 Å². The van der Waals surface area contributed by atoms with Crippen molar-refractivity contribution in [2.24, 2.45) is 0 Å². The highest BCUT2D eigenvalue weighted by molar-refractivity contribution is 5.75. The third-order valence-corrected chi connectivity index (χ3v) is 1.90. The number of carbonyl (C=O) groups is 2. The molecule has 0 unspecified atom stereocenters. The molecule has 0 bridgehead atoms. The molecule has 0 spiro atoms. The van der Waals surface area contributed by atoms with Crippen LogP contribution in [0.4, 0.5) is 0 Å². The molecular formula is C11H20O4. The molecule has 0 aliphatic carbocycles. The molecule has 0 aromatic carbocycles. The third-order valence-electron chi connectivity index (χ3n) is 1.90. The Kier molecular flexibility index (Phi) is 6.96. The smallest absolute Gasteiger partial charge is 0.308 e. The van der Waals surface area contributed by atoms with E-state index < -0.39 is 0 Å². The molecule has 1 atom stereocenters. The molecule has 0 N–H and O–H groups in total. The summed E-state index contributed by atoms with van der Waals surface area (Å²) in [5.74, 6) is -0.193. The summed E-state index contributed by atoms with van der Waals surface area (Å²) in [5, 5.41) is 0. The summed E-state index contributed by atoms with van der Waals surface area (Å²) in [5.41, 5.74) is 0. The summed E-state index contributed by atoms with van der Waals surface area (Å²) in [7, 11) is 1.35. The molecule has 0 aliphatic heterocycles. The van der Waals surface area contributed by atoms with Gasteiger partial charge < -0.3 is 14.3 Å². The molecule has 0 saturated heterocycles. The van der Waals surface area contributed by atoms with Crippen LogP contribution >= 0.6 is 0 Å². The van der Waals surface area contributed by atoms with E-state index in [1.165, 1.54) is 14.0 Å². The Balaban J connectivity index is 4.05. The summed E-state index contributed by atoms with van der Waals surface area (Å²) >= 11 is 0.